The van der Waals surface area contributed by atoms with E-state index in [4.69, 9.17) is 0 Å². The fourth-order valence-corrected chi connectivity index (χ4v) is 3.07. The van der Waals surface area contributed by atoms with E-state index >= 15 is 0 Å². The summed E-state index contributed by atoms with van der Waals surface area (Å²) in [5, 5.41) is 5.52. The number of carbonyl (C=O) groups excluding carboxylic acids is 3. The maximum atomic E-state index is 12.4. The summed E-state index contributed by atoms with van der Waals surface area (Å²) in [7, 11) is 0. The van der Waals surface area contributed by atoms with Gasteiger partial charge in [-0.3, -0.25) is 14.4 Å². The molecule has 1 saturated heterocycles. The smallest absolute Gasteiger partial charge is 0.229 e. The maximum Gasteiger partial charge on any atom is 0.229 e. The Hall–Kier alpha value is -2.37. The molecule has 1 aliphatic heterocycles. The molecule has 1 aromatic carbocycles. The summed E-state index contributed by atoms with van der Waals surface area (Å²) in [4.78, 5) is 37.4. The van der Waals surface area contributed by atoms with Crippen LogP contribution in [0.5, 0.6) is 0 Å². The lowest BCUT2D eigenvalue weighted by atomic mass is 10.1. The zero-order valence-electron chi connectivity index (χ0n) is 14.5. The predicted molar refractivity (Wildman–Crippen MR) is 93.6 cm³/mol. The third-order valence-electron chi connectivity index (χ3n) is 4.39. The van der Waals surface area contributed by atoms with E-state index in [0.29, 0.717) is 17.9 Å². The van der Waals surface area contributed by atoms with Crippen LogP contribution in [0, 0.1) is 5.92 Å². The molecular formula is C18H25N3O3. The van der Waals surface area contributed by atoms with Gasteiger partial charge in [-0.1, -0.05) is 13.8 Å². The second-order valence-electron chi connectivity index (χ2n) is 6.17. The number of benzene rings is 1. The number of carbonyl (C=O) groups is 3. The van der Waals surface area contributed by atoms with E-state index < -0.39 is 0 Å². The topological polar surface area (TPSA) is 78.5 Å². The lowest BCUT2D eigenvalue weighted by Crippen LogP contribution is -2.36. The van der Waals surface area contributed by atoms with E-state index in [1.165, 1.54) is 6.92 Å². The van der Waals surface area contributed by atoms with Gasteiger partial charge in [0.25, 0.3) is 0 Å². The van der Waals surface area contributed by atoms with Gasteiger partial charge in [0.1, 0.15) is 0 Å². The van der Waals surface area contributed by atoms with Gasteiger partial charge in [-0.05, 0) is 37.1 Å². The first-order valence-electron chi connectivity index (χ1n) is 8.42. The lowest BCUT2D eigenvalue weighted by molar-refractivity contribution is -0.130. The average Bonchev–Trinajstić information content (AvgIpc) is 2.92. The highest BCUT2D eigenvalue weighted by molar-refractivity contribution is 5.97. The number of amides is 3. The van der Waals surface area contributed by atoms with Crippen molar-refractivity contribution in [3.05, 3.63) is 24.3 Å². The number of anilines is 2. The summed E-state index contributed by atoms with van der Waals surface area (Å²) in [6.45, 7) is 6.05. The maximum absolute atomic E-state index is 12.4. The van der Waals surface area contributed by atoms with E-state index in [1.807, 2.05) is 4.90 Å². The minimum Gasteiger partial charge on any atom is -0.339 e. The molecule has 0 bridgehead atoms. The molecule has 6 nitrogen and oxygen atoms in total. The number of nitrogens with one attached hydrogen (secondary N) is 2. The first-order valence-corrected chi connectivity index (χ1v) is 8.42. The summed E-state index contributed by atoms with van der Waals surface area (Å²) >= 11 is 0. The van der Waals surface area contributed by atoms with Crippen LogP contribution in [0.3, 0.4) is 0 Å². The summed E-state index contributed by atoms with van der Waals surface area (Å²) in [6.07, 6.45) is 2.08. The van der Waals surface area contributed by atoms with Crippen LogP contribution in [-0.2, 0) is 14.4 Å². The van der Waals surface area contributed by atoms with Crippen LogP contribution in [0.25, 0.3) is 0 Å². The number of likely N-dealkylation sites (tertiary alicyclic amines) is 1. The zero-order chi connectivity index (χ0) is 17.7. The summed E-state index contributed by atoms with van der Waals surface area (Å²) in [5.74, 6) is -0.528. The Morgan fingerprint density at radius 3 is 2.17 bits per heavy atom. The van der Waals surface area contributed by atoms with E-state index in [0.717, 1.165) is 12.8 Å². The lowest BCUT2D eigenvalue weighted by Gasteiger charge is -2.26. The van der Waals surface area contributed by atoms with Gasteiger partial charge in [-0.15, -0.1) is 0 Å². The molecule has 2 rings (SSSR count). The quantitative estimate of drug-likeness (QED) is 0.841. The van der Waals surface area contributed by atoms with Crippen molar-refractivity contribution in [2.75, 3.05) is 17.2 Å². The molecule has 3 amide bonds. The average molecular weight is 331 g/mol. The number of hydrogen-bond donors (Lipinski definition) is 2. The van der Waals surface area contributed by atoms with E-state index in [-0.39, 0.29) is 36.1 Å². The normalized spacial score (nSPS) is 17.2. The molecule has 0 unspecified atom stereocenters. The summed E-state index contributed by atoms with van der Waals surface area (Å²) < 4.78 is 0. The van der Waals surface area contributed by atoms with Crippen LogP contribution in [0.2, 0.25) is 0 Å². The number of nitrogens with zero attached hydrogens (tertiary/aromatic N) is 1. The SMILES string of the molecule is CCC(CC)N1C[C@H](C(=O)Nc2ccc(NC(C)=O)cc2)CC1=O. The van der Waals surface area contributed by atoms with Crippen molar-refractivity contribution in [2.24, 2.45) is 5.92 Å². The molecule has 0 radical (unpaired) electrons. The Bertz CT molecular complexity index is 608. The zero-order valence-corrected chi connectivity index (χ0v) is 14.5. The molecule has 0 aliphatic carbocycles. The van der Waals surface area contributed by atoms with Crippen molar-refractivity contribution in [3.63, 3.8) is 0 Å². The Labute approximate surface area is 142 Å². The Kier molecular flexibility index (Phi) is 5.95. The van der Waals surface area contributed by atoms with Crippen molar-refractivity contribution < 1.29 is 14.4 Å². The van der Waals surface area contributed by atoms with E-state index in [9.17, 15) is 14.4 Å². The molecule has 0 saturated carbocycles. The molecule has 2 N–H and O–H groups in total. The predicted octanol–water partition coefficient (Wildman–Crippen LogP) is 2.62. The molecule has 24 heavy (non-hydrogen) atoms. The molecule has 130 valence electrons. The summed E-state index contributed by atoms with van der Waals surface area (Å²) in [5.41, 5.74) is 1.33. The Morgan fingerprint density at radius 2 is 1.67 bits per heavy atom. The molecule has 6 heteroatoms. The van der Waals surface area contributed by atoms with Crippen LogP contribution in [0.1, 0.15) is 40.0 Å². The molecule has 1 atom stereocenters. The van der Waals surface area contributed by atoms with Crippen molar-refractivity contribution in [3.8, 4) is 0 Å². The van der Waals surface area contributed by atoms with Crippen molar-refractivity contribution in [2.45, 2.75) is 46.1 Å². The number of hydrogen-bond acceptors (Lipinski definition) is 3. The van der Waals surface area contributed by atoms with E-state index in [1.54, 1.807) is 24.3 Å². The molecule has 1 aromatic rings. The summed E-state index contributed by atoms with van der Waals surface area (Å²) in [6, 6.07) is 7.14. The molecule has 1 aliphatic rings. The van der Waals surface area contributed by atoms with Crippen LogP contribution < -0.4 is 10.6 Å². The van der Waals surface area contributed by atoms with Gasteiger partial charge in [0, 0.05) is 37.3 Å². The Balaban J connectivity index is 1.95. The van der Waals surface area contributed by atoms with Gasteiger partial charge >= 0.3 is 0 Å². The third kappa shape index (κ3) is 4.34. The van der Waals surface area contributed by atoms with Gasteiger partial charge < -0.3 is 15.5 Å². The molecule has 1 heterocycles. The van der Waals surface area contributed by atoms with Gasteiger partial charge in [-0.25, -0.2) is 0 Å². The van der Waals surface area contributed by atoms with Crippen LogP contribution in [0.15, 0.2) is 24.3 Å². The van der Waals surface area contributed by atoms with E-state index in [2.05, 4.69) is 24.5 Å². The first kappa shape index (κ1) is 18.0. The number of rotatable bonds is 6. The molecule has 1 fully saturated rings. The van der Waals surface area contributed by atoms with Gasteiger partial charge in [0.15, 0.2) is 0 Å². The van der Waals surface area contributed by atoms with Crippen LogP contribution >= 0.6 is 0 Å². The Morgan fingerprint density at radius 1 is 1.12 bits per heavy atom. The fourth-order valence-electron chi connectivity index (χ4n) is 3.07. The molecule has 0 spiro atoms. The highest BCUT2D eigenvalue weighted by atomic mass is 16.2. The molecular weight excluding hydrogens is 306 g/mol. The second-order valence-corrected chi connectivity index (χ2v) is 6.17. The standard InChI is InChI=1S/C18H25N3O3/c1-4-16(5-2)21-11-13(10-17(21)23)18(24)20-15-8-6-14(7-9-15)19-12(3)22/h6-9,13,16H,4-5,10-11H2,1-3H3,(H,19,22)(H,20,24)/t13-/m1/s1. The first-order chi connectivity index (χ1) is 11.4. The monoisotopic (exact) mass is 331 g/mol. The largest absolute Gasteiger partial charge is 0.339 e. The minimum absolute atomic E-state index is 0.0601. The highest BCUT2D eigenvalue weighted by Gasteiger charge is 2.36. The minimum atomic E-state index is -0.312. The van der Waals surface area contributed by atoms with Crippen molar-refractivity contribution in [1.29, 1.82) is 0 Å². The van der Waals surface area contributed by atoms with Gasteiger partial charge in [0.2, 0.25) is 17.7 Å². The molecule has 0 aromatic heterocycles. The third-order valence-corrected chi connectivity index (χ3v) is 4.39. The van der Waals surface area contributed by atoms with Crippen LogP contribution in [0.4, 0.5) is 11.4 Å². The van der Waals surface area contributed by atoms with Crippen LogP contribution in [-0.4, -0.2) is 35.2 Å². The van der Waals surface area contributed by atoms with Gasteiger partial charge in [-0.2, -0.15) is 0 Å². The highest BCUT2D eigenvalue weighted by Crippen LogP contribution is 2.24. The second kappa shape index (κ2) is 7.95. The fraction of sp³-hybridized carbons (Fsp3) is 0.500. The van der Waals surface area contributed by atoms with Crippen molar-refractivity contribution >= 4 is 29.1 Å². The van der Waals surface area contributed by atoms with Crippen molar-refractivity contribution in [1.82, 2.24) is 4.90 Å². The van der Waals surface area contributed by atoms with Gasteiger partial charge in [0.05, 0.1) is 5.92 Å².